The molecule has 0 aromatic carbocycles. The largest absolute Gasteiger partial charge is 0.416 e. The fourth-order valence-corrected chi connectivity index (χ4v) is 1.89. The second-order valence-electron chi connectivity index (χ2n) is 1.80. The van der Waals surface area contributed by atoms with E-state index in [-0.39, 0.29) is 0 Å². The van der Waals surface area contributed by atoms with Gasteiger partial charge in [0.25, 0.3) is 6.26 Å². The molecule has 5 heteroatoms. The molecule has 3 nitrogen and oxygen atoms in total. The lowest BCUT2D eigenvalue weighted by Crippen LogP contribution is -2.08. The maximum Gasteiger partial charge on any atom is 0.287 e. The van der Waals surface area contributed by atoms with Gasteiger partial charge in [-0.1, -0.05) is 21.6 Å². The van der Waals surface area contributed by atoms with Crippen LogP contribution in [-0.2, 0) is 4.74 Å². The lowest BCUT2D eigenvalue weighted by atomic mass is 11.0. The van der Waals surface area contributed by atoms with Crippen LogP contribution in [0.4, 0.5) is 0 Å². The Kier molecular flexibility index (Phi) is 7.03. The van der Waals surface area contributed by atoms with Crippen molar-refractivity contribution >= 4 is 21.6 Å². The van der Waals surface area contributed by atoms with Gasteiger partial charge in [0.15, 0.2) is 5.94 Å². The van der Waals surface area contributed by atoms with Gasteiger partial charge in [0, 0.05) is 0 Å². The van der Waals surface area contributed by atoms with E-state index >= 15 is 0 Å². The SMILES string of the molecule is CN(C)CSSCOC#N. The first-order valence-electron chi connectivity index (χ1n) is 2.67. The molecule has 0 aliphatic rings. The first kappa shape index (κ1) is 9.95. The lowest BCUT2D eigenvalue weighted by Gasteiger charge is -2.06. The molecule has 0 saturated carbocycles. The summed E-state index contributed by atoms with van der Waals surface area (Å²) < 4.78 is 4.44. The number of nitriles is 1. The average molecular weight is 178 g/mol. The second-order valence-corrected chi connectivity index (χ2v) is 4.18. The van der Waals surface area contributed by atoms with E-state index in [0.29, 0.717) is 5.94 Å². The summed E-state index contributed by atoms with van der Waals surface area (Å²) in [6.07, 6.45) is 1.61. The molecule has 0 aromatic heterocycles. The molecule has 0 aliphatic carbocycles. The zero-order chi connectivity index (χ0) is 7.82. The third-order valence-corrected chi connectivity index (χ3v) is 2.67. The second kappa shape index (κ2) is 7.06. The average Bonchev–Trinajstić information content (AvgIpc) is 1.87. The summed E-state index contributed by atoms with van der Waals surface area (Å²) in [6.45, 7) is 0. The van der Waals surface area contributed by atoms with Gasteiger partial charge in [-0.15, -0.1) is 0 Å². The molecule has 0 bridgehead atoms. The number of hydrogen-bond donors (Lipinski definition) is 0. The number of nitrogens with zero attached hydrogens (tertiary/aromatic N) is 2. The first-order chi connectivity index (χ1) is 4.77. The molecule has 0 atom stereocenters. The summed E-state index contributed by atoms with van der Waals surface area (Å²) >= 11 is 0. The van der Waals surface area contributed by atoms with E-state index in [1.807, 2.05) is 14.1 Å². The van der Waals surface area contributed by atoms with Crippen molar-refractivity contribution in [2.75, 3.05) is 25.9 Å². The molecule has 0 radical (unpaired) electrons. The standard InChI is InChI=1S/C5H10N2OS2/c1-7(2)4-9-10-5-8-3-6/h4-5H2,1-2H3. The molecule has 58 valence electrons. The summed E-state index contributed by atoms with van der Waals surface area (Å²) in [4.78, 5) is 2.06. The Morgan fingerprint density at radius 2 is 2.20 bits per heavy atom. The minimum absolute atomic E-state index is 0.439. The summed E-state index contributed by atoms with van der Waals surface area (Å²) in [5.41, 5.74) is 0. The van der Waals surface area contributed by atoms with Gasteiger partial charge in [0.05, 0.1) is 5.88 Å². The van der Waals surface area contributed by atoms with Crippen molar-refractivity contribution in [1.82, 2.24) is 4.90 Å². The van der Waals surface area contributed by atoms with Gasteiger partial charge in [-0.25, -0.2) is 0 Å². The van der Waals surface area contributed by atoms with Gasteiger partial charge >= 0.3 is 0 Å². The van der Waals surface area contributed by atoms with Crippen LogP contribution in [0.2, 0.25) is 0 Å². The Hall–Kier alpha value is -0.0500. The Morgan fingerprint density at radius 1 is 1.50 bits per heavy atom. The summed E-state index contributed by atoms with van der Waals surface area (Å²) in [5, 5.41) is 7.97. The van der Waals surface area contributed by atoms with E-state index in [1.165, 1.54) is 10.8 Å². The minimum Gasteiger partial charge on any atom is -0.416 e. The maximum absolute atomic E-state index is 7.97. The van der Waals surface area contributed by atoms with E-state index in [0.717, 1.165) is 5.88 Å². The van der Waals surface area contributed by atoms with Crippen molar-refractivity contribution in [3.8, 4) is 6.26 Å². The highest BCUT2D eigenvalue weighted by Crippen LogP contribution is 2.20. The van der Waals surface area contributed by atoms with Gasteiger partial charge in [0.1, 0.15) is 0 Å². The van der Waals surface area contributed by atoms with Crippen LogP contribution in [0.5, 0.6) is 0 Å². The summed E-state index contributed by atoms with van der Waals surface area (Å²) in [6, 6.07) is 0. The molecule has 0 heterocycles. The molecular weight excluding hydrogens is 168 g/mol. The molecule has 0 amide bonds. The maximum atomic E-state index is 7.97. The molecule has 0 aliphatic heterocycles. The monoisotopic (exact) mass is 178 g/mol. The van der Waals surface area contributed by atoms with Crippen LogP contribution in [0.3, 0.4) is 0 Å². The quantitative estimate of drug-likeness (QED) is 0.275. The fourth-order valence-electron chi connectivity index (χ4n) is 0.227. The predicted molar refractivity (Wildman–Crippen MR) is 45.3 cm³/mol. The van der Waals surface area contributed by atoms with E-state index < -0.39 is 0 Å². The van der Waals surface area contributed by atoms with Crippen LogP contribution in [0.1, 0.15) is 0 Å². The van der Waals surface area contributed by atoms with Crippen molar-refractivity contribution in [3.05, 3.63) is 0 Å². The van der Waals surface area contributed by atoms with Gasteiger partial charge < -0.3 is 4.74 Å². The van der Waals surface area contributed by atoms with Gasteiger partial charge in [-0.3, -0.25) is 4.90 Å². The highest BCUT2D eigenvalue weighted by Gasteiger charge is 1.90. The van der Waals surface area contributed by atoms with E-state index in [1.54, 1.807) is 17.0 Å². The van der Waals surface area contributed by atoms with Crippen molar-refractivity contribution in [2.24, 2.45) is 0 Å². The minimum atomic E-state index is 0.439. The predicted octanol–water partition coefficient (Wildman–Crippen LogP) is 1.34. The zero-order valence-corrected chi connectivity index (χ0v) is 7.67. The summed E-state index contributed by atoms with van der Waals surface area (Å²) in [5.74, 6) is 1.38. The highest BCUT2D eigenvalue weighted by atomic mass is 33.1. The van der Waals surface area contributed by atoms with Gasteiger partial charge in [-0.05, 0) is 14.1 Å². The van der Waals surface area contributed by atoms with Gasteiger partial charge in [0.2, 0.25) is 0 Å². The third kappa shape index (κ3) is 7.95. The van der Waals surface area contributed by atoms with Gasteiger partial charge in [-0.2, -0.15) is 5.26 Å². The molecule has 0 N–H and O–H groups in total. The smallest absolute Gasteiger partial charge is 0.287 e. The van der Waals surface area contributed by atoms with E-state index in [9.17, 15) is 0 Å². The molecule has 0 saturated heterocycles. The van der Waals surface area contributed by atoms with Crippen LogP contribution in [0, 0.1) is 11.5 Å². The van der Waals surface area contributed by atoms with E-state index in [2.05, 4.69) is 9.64 Å². The zero-order valence-electron chi connectivity index (χ0n) is 6.03. The molecule has 0 fully saturated rings. The number of hydrogen-bond acceptors (Lipinski definition) is 5. The number of ether oxygens (including phenoxy) is 1. The highest BCUT2D eigenvalue weighted by molar-refractivity contribution is 8.76. The Bertz CT molecular complexity index is 113. The van der Waals surface area contributed by atoms with Crippen LogP contribution in [0.25, 0.3) is 0 Å². The molecular formula is C5H10N2OS2. The Morgan fingerprint density at radius 3 is 2.70 bits per heavy atom. The van der Waals surface area contributed by atoms with Crippen molar-refractivity contribution in [3.63, 3.8) is 0 Å². The topological polar surface area (TPSA) is 36.3 Å². The van der Waals surface area contributed by atoms with Crippen molar-refractivity contribution in [2.45, 2.75) is 0 Å². The lowest BCUT2D eigenvalue weighted by molar-refractivity contribution is 0.342. The van der Waals surface area contributed by atoms with Crippen LogP contribution < -0.4 is 0 Å². The molecule has 0 spiro atoms. The fraction of sp³-hybridized carbons (Fsp3) is 0.800. The van der Waals surface area contributed by atoms with Crippen molar-refractivity contribution < 1.29 is 4.74 Å². The van der Waals surface area contributed by atoms with Crippen LogP contribution in [0.15, 0.2) is 0 Å². The number of rotatable bonds is 5. The Labute approximate surface area is 69.1 Å². The first-order valence-corrected chi connectivity index (χ1v) is 5.16. The summed E-state index contributed by atoms with van der Waals surface area (Å²) in [7, 11) is 7.20. The Balaban J connectivity index is 2.86. The van der Waals surface area contributed by atoms with Crippen LogP contribution >= 0.6 is 21.6 Å². The van der Waals surface area contributed by atoms with Crippen molar-refractivity contribution in [1.29, 1.82) is 5.26 Å². The van der Waals surface area contributed by atoms with E-state index in [4.69, 9.17) is 5.26 Å². The normalized spacial score (nSPS) is 9.40. The molecule has 0 rings (SSSR count). The van der Waals surface area contributed by atoms with Crippen LogP contribution in [-0.4, -0.2) is 30.8 Å². The third-order valence-electron chi connectivity index (χ3n) is 0.566. The molecule has 0 unspecified atom stereocenters. The molecule has 0 aromatic rings. The molecule has 10 heavy (non-hydrogen) atoms.